The van der Waals surface area contributed by atoms with Gasteiger partial charge < -0.3 is 5.73 Å². The lowest BCUT2D eigenvalue weighted by Crippen LogP contribution is -2.42. The van der Waals surface area contributed by atoms with E-state index in [1.165, 1.54) is 19.4 Å². The molecule has 4 heteroatoms. The van der Waals surface area contributed by atoms with Crippen molar-refractivity contribution in [1.29, 1.82) is 0 Å². The molecule has 1 fully saturated rings. The van der Waals surface area contributed by atoms with Gasteiger partial charge in [-0.15, -0.1) is 0 Å². The van der Waals surface area contributed by atoms with E-state index in [0.717, 1.165) is 12.1 Å². The van der Waals surface area contributed by atoms with Crippen LogP contribution in [0.15, 0.2) is 12.4 Å². The van der Waals surface area contributed by atoms with Crippen molar-refractivity contribution in [3.05, 3.63) is 18.0 Å². The summed E-state index contributed by atoms with van der Waals surface area (Å²) in [6, 6.07) is 0.0751. The highest BCUT2D eigenvalue weighted by atomic mass is 15.2. The molecule has 0 radical (unpaired) electrons. The molecule has 1 atom stereocenters. The van der Waals surface area contributed by atoms with Crippen LogP contribution < -0.4 is 5.73 Å². The largest absolute Gasteiger partial charge is 0.323 e. The highest BCUT2D eigenvalue weighted by Crippen LogP contribution is 2.29. The Morgan fingerprint density at radius 1 is 1.56 bits per heavy atom. The van der Waals surface area contributed by atoms with Gasteiger partial charge in [-0.1, -0.05) is 0 Å². The summed E-state index contributed by atoms with van der Waals surface area (Å²) >= 11 is 0. The first-order valence-corrected chi connectivity index (χ1v) is 5.98. The maximum Gasteiger partial charge on any atom is 0.0537 e. The summed E-state index contributed by atoms with van der Waals surface area (Å²) in [7, 11) is 1.93. The van der Waals surface area contributed by atoms with E-state index in [-0.39, 0.29) is 6.04 Å². The van der Waals surface area contributed by atoms with Gasteiger partial charge in [0.2, 0.25) is 0 Å². The summed E-state index contributed by atoms with van der Waals surface area (Å²) in [6.45, 7) is 6.70. The van der Waals surface area contributed by atoms with E-state index >= 15 is 0 Å². The van der Waals surface area contributed by atoms with Crippen LogP contribution in [0.5, 0.6) is 0 Å². The molecule has 1 aliphatic rings. The zero-order chi connectivity index (χ0) is 11.8. The molecular weight excluding hydrogens is 200 g/mol. The van der Waals surface area contributed by atoms with Gasteiger partial charge in [0.05, 0.1) is 6.20 Å². The lowest BCUT2D eigenvalue weighted by atomic mass is 10.0. The van der Waals surface area contributed by atoms with Crippen molar-refractivity contribution < 1.29 is 0 Å². The van der Waals surface area contributed by atoms with Crippen molar-refractivity contribution in [2.24, 2.45) is 12.8 Å². The van der Waals surface area contributed by atoms with Crippen LogP contribution in [0.3, 0.4) is 0 Å². The molecule has 16 heavy (non-hydrogen) atoms. The zero-order valence-corrected chi connectivity index (χ0v) is 10.5. The Kier molecular flexibility index (Phi) is 3.04. The third-order valence-corrected chi connectivity index (χ3v) is 3.64. The second-order valence-electron chi connectivity index (χ2n) is 5.42. The minimum atomic E-state index is 0.0751. The van der Waals surface area contributed by atoms with Crippen molar-refractivity contribution in [2.75, 3.05) is 13.1 Å². The topological polar surface area (TPSA) is 47.1 Å². The Bertz CT molecular complexity index is 356. The van der Waals surface area contributed by atoms with Gasteiger partial charge in [-0.05, 0) is 33.2 Å². The van der Waals surface area contributed by atoms with Crippen molar-refractivity contribution in [2.45, 2.75) is 38.3 Å². The first-order chi connectivity index (χ1) is 7.49. The van der Waals surface area contributed by atoms with Crippen LogP contribution in [0.2, 0.25) is 0 Å². The first kappa shape index (κ1) is 11.6. The summed E-state index contributed by atoms with van der Waals surface area (Å²) in [5.41, 5.74) is 7.65. The number of nitrogens with two attached hydrogens (primary N) is 1. The van der Waals surface area contributed by atoms with E-state index < -0.39 is 0 Å². The van der Waals surface area contributed by atoms with E-state index in [0.29, 0.717) is 5.54 Å². The minimum Gasteiger partial charge on any atom is -0.323 e. The van der Waals surface area contributed by atoms with Gasteiger partial charge >= 0.3 is 0 Å². The van der Waals surface area contributed by atoms with Crippen LogP contribution in [0.25, 0.3) is 0 Å². The number of rotatable bonds is 3. The third-order valence-electron chi connectivity index (χ3n) is 3.64. The molecular formula is C12H22N4. The molecule has 1 aromatic rings. The maximum absolute atomic E-state index is 6.21. The molecule has 0 amide bonds. The fourth-order valence-electron chi connectivity index (χ4n) is 2.48. The standard InChI is InChI=1S/C12H22N4/c1-12(2)5-4-6-16(12)9-11(13)10-7-14-15(3)8-10/h7-8,11H,4-6,9,13H2,1-3H3. The van der Waals surface area contributed by atoms with Gasteiger partial charge in [-0.2, -0.15) is 5.10 Å². The summed E-state index contributed by atoms with van der Waals surface area (Å²) < 4.78 is 1.81. The highest BCUT2D eigenvalue weighted by molar-refractivity contribution is 5.10. The van der Waals surface area contributed by atoms with Gasteiger partial charge in [-0.3, -0.25) is 9.58 Å². The SMILES string of the molecule is Cn1cc(C(N)CN2CCCC2(C)C)cn1. The third kappa shape index (κ3) is 2.28. The number of likely N-dealkylation sites (tertiary alicyclic amines) is 1. The Morgan fingerprint density at radius 2 is 2.31 bits per heavy atom. The Hall–Kier alpha value is -0.870. The summed E-state index contributed by atoms with van der Waals surface area (Å²) in [4.78, 5) is 2.49. The smallest absolute Gasteiger partial charge is 0.0537 e. The Morgan fingerprint density at radius 3 is 2.81 bits per heavy atom. The predicted molar refractivity (Wildman–Crippen MR) is 65.0 cm³/mol. The number of hydrogen-bond donors (Lipinski definition) is 1. The molecule has 1 unspecified atom stereocenters. The van der Waals surface area contributed by atoms with Crippen LogP contribution in [-0.2, 0) is 7.05 Å². The molecule has 0 bridgehead atoms. The predicted octanol–water partition coefficient (Wildman–Crippen LogP) is 1.29. The van der Waals surface area contributed by atoms with Gasteiger partial charge in [0.15, 0.2) is 0 Å². The monoisotopic (exact) mass is 222 g/mol. The van der Waals surface area contributed by atoms with Crippen LogP contribution in [0, 0.1) is 0 Å². The van der Waals surface area contributed by atoms with Crippen LogP contribution in [0.1, 0.15) is 38.3 Å². The number of aryl methyl sites for hydroxylation is 1. The van der Waals surface area contributed by atoms with Crippen molar-refractivity contribution in [1.82, 2.24) is 14.7 Å². The number of aromatic nitrogens is 2. The van der Waals surface area contributed by atoms with Gasteiger partial charge in [0.1, 0.15) is 0 Å². The maximum atomic E-state index is 6.21. The van der Waals surface area contributed by atoms with Crippen LogP contribution >= 0.6 is 0 Å². The highest BCUT2D eigenvalue weighted by Gasteiger charge is 2.32. The molecule has 4 nitrogen and oxygen atoms in total. The van der Waals surface area contributed by atoms with Crippen molar-refractivity contribution in [3.8, 4) is 0 Å². The van der Waals surface area contributed by atoms with Crippen molar-refractivity contribution in [3.63, 3.8) is 0 Å². The summed E-state index contributed by atoms with van der Waals surface area (Å²) in [5, 5.41) is 4.17. The second-order valence-corrected chi connectivity index (χ2v) is 5.42. The van der Waals surface area contributed by atoms with E-state index in [4.69, 9.17) is 5.73 Å². The van der Waals surface area contributed by atoms with E-state index in [9.17, 15) is 0 Å². The normalized spacial score (nSPS) is 22.5. The molecule has 1 saturated heterocycles. The molecule has 0 aromatic carbocycles. The van der Waals surface area contributed by atoms with Crippen LogP contribution in [0.4, 0.5) is 0 Å². The lowest BCUT2D eigenvalue weighted by molar-refractivity contribution is 0.165. The van der Waals surface area contributed by atoms with Gasteiger partial charge in [-0.25, -0.2) is 0 Å². The fourth-order valence-corrected chi connectivity index (χ4v) is 2.48. The minimum absolute atomic E-state index is 0.0751. The molecule has 2 heterocycles. The zero-order valence-electron chi connectivity index (χ0n) is 10.5. The average Bonchev–Trinajstić information content (AvgIpc) is 2.74. The van der Waals surface area contributed by atoms with E-state index in [1.807, 2.05) is 24.1 Å². The van der Waals surface area contributed by atoms with Gasteiger partial charge in [0, 0.05) is 36.9 Å². The molecule has 1 aromatic heterocycles. The Balaban J connectivity index is 1.99. The molecule has 2 rings (SSSR count). The van der Waals surface area contributed by atoms with Gasteiger partial charge in [0.25, 0.3) is 0 Å². The second kappa shape index (κ2) is 4.18. The number of nitrogens with zero attached hydrogens (tertiary/aromatic N) is 3. The lowest BCUT2D eigenvalue weighted by Gasteiger charge is -2.33. The molecule has 0 aliphatic carbocycles. The van der Waals surface area contributed by atoms with E-state index in [2.05, 4.69) is 23.8 Å². The molecule has 0 spiro atoms. The van der Waals surface area contributed by atoms with Crippen molar-refractivity contribution >= 4 is 0 Å². The number of hydrogen-bond acceptors (Lipinski definition) is 3. The first-order valence-electron chi connectivity index (χ1n) is 5.98. The summed E-state index contributed by atoms with van der Waals surface area (Å²) in [5.74, 6) is 0. The fraction of sp³-hybridized carbons (Fsp3) is 0.750. The Labute approximate surface area is 97.4 Å². The molecule has 0 saturated carbocycles. The quantitative estimate of drug-likeness (QED) is 0.838. The molecule has 1 aliphatic heterocycles. The molecule has 2 N–H and O–H groups in total. The van der Waals surface area contributed by atoms with E-state index in [1.54, 1.807) is 0 Å². The average molecular weight is 222 g/mol. The van der Waals surface area contributed by atoms with Crippen LogP contribution in [-0.4, -0.2) is 33.3 Å². The summed E-state index contributed by atoms with van der Waals surface area (Å²) in [6.07, 6.45) is 6.43. The molecule has 90 valence electrons.